The van der Waals surface area contributed by atoms with Gasteiger partial charge in [0.1, 0.15) is 11.9 Å². The third-order valence-corrected chi connectivity index (χ3v) is 3.61. The molecule has 2 rings (SSSR count). The molecule has 0 bridgehead atoms. The van der Waals surface area contributed by atoms with E-state index in [9.17, 15) is 4.79 Å². The average Bonchev–Trinajstić information content (AvgIpc) is 3.01. The first-order chi connectivity index (χ1) is 9.76. The van der Waals surface area contributed by atoms with Gasteiger partial charge in [-0.05, 0) is 32.8 Å². The van der Waals surface area contributed by atoms with Gasteiger partial charge in [-0.3, -0.25) is 4.79 Å². The smallest absolute Gasteiger partial charge is 0.249 e. The fourth-order valence-corrected chi connectivity index (χ4v) is 2.46. The molecular formula is C15H23N3O2. The van der Waals surface area contributed by atoms with E-state index in [1.807, 2.05) is 12.1 Å². The monoisotopic (exact) mass is 277 g/mol. The van der Waals surface area contributed by atoms with Crippen LogP contribution in [0.5, 0.6) is 0 Å². The predicted octanol–water partition coefficient (Wildman–Crippen LogP) is 1.72. The van der Waals surface area contributed by atoms with Gasteiger partial charge in [0.05, 0.1) is 0 Å². The van der Waals surface area contributed by atoms with E-state index >= 15 is 0 Å². The van der Waals surface area contributed by atoms with Crippen LogP contribution in [0.1, 0.15) is 32.3 Å². The topological polar surface area (TPSA) is 54.5 Å². The molecule has 1 fully saturated rings. The van der Waals surface area contributed by atoms with E-state index < -0.39 is 0 Å². The molecule has 5 nitrogen and oxygen atoms in total. The Hall–Kier alpha value is -1.62. The Balaban J connectivity index is 2.00. The summed E-state index contributed by atoms with van der Waals surface area (Å²) in [6, 6.07) is 3.91. The van der Waals surface area contributed by atoms with Gasteiger partial charge in [-0.25, -0.2) is 4.98 Å². The van der Waals surface area contributed by atoms with Crippen LogP contribution in [-0.2, 0) is 16.1 Å². The summed E-state index contributed by atoms with van der Waals surface area (Å²) in [4.78, 5) is 18.6. The maximum atomic E-state index is 12.0. The number of nitrogens with zero attached hydrogens (tertiary/aromatic N) is 2. The quantitative estimate of drug-likeness (QED) is 0.860. The number of amides is 1. The Bertz CT molecular complexity index is 440. The van der Waals surface area contributed by atoms with E-state index in [0.29, 0.717) is 13.2 Å². The van der Waals surface area contributed by atoms with E-state index in [-0.39, 0.29) is 12.0 Å². The number of carbonyl (C=O) groups is 1. The number of aromatic nitrogens is 1. The summed E-state index contributed by atoms with van der Waals surface area (Å²) >= 11 is 0. The summed E-state index contributed by atoms with van der Waals surface area (Å²) in [6.45, 7) is 7.20. The maximum Gasteiger partial charge on any atom is 0.249 e. The highest BCUT2D eigenvalue weighted by Crippen LogP contribution is 2.17. The lowest BCUT2D eigenvalue weighted by atomic mass is 10.2. The molecule has 5 heteroatoms. The molecule has 0 unspecified atom stereocenters. The van der Waals surface area contributed by atoms with Gasteiger partial charge in [-0.15, -0.1) is 0 Å². The summed E-state index contributed by atoms with van der Waals surface area (Å²) in [5.74, 6) is 0.932. The van der Waals surface area contributed by atoms with Crippen molar-refractivity contribution in [2.75, 3.05) is 24.6 Å². The third-order valence-electron chi connectivity index (χ3n) is 3.61. The van der Waals surface area contributed by atoms with E-state index in [1.54, 1.807) is 6.20 Å². The number of hydrogen-bond acceptors (Lipinski definition) is 4. The minimum atomic E-state index is -0.274. The van der Waals surface area contributed by atoms with Crippen LogP contribution in [0.25, 0.3) is 0 Å². The Morgan fingerprint density at radius 1 is 1.50 bits per heavy atom. The zero-order chi connectivity index (χ0) is 14.4. The Morgan fingerprint density at radius 2 is 2.30 bits per heavy atom. The molecule has 0 radical (unpaired) electrons. The molecule has 1 atom stereocenters. The van der Waals surface area contributed by atoms with E-state index in [1.165, 1.54) is 0 Å². The molecule has 110 valence electrons. The van der Waals surface area contributed by atoms with Gasteiger partial charge in [0.25, 0.3) is 0 Å². The molecule has 1 saturated heterocycles. The number of carbonyl (C=O) groups excluding carboxylic acids is 1. The van der Waals surface area contributed by atoms with Crippen LogP contribution in [0, 0.1) is 0 Å². The summed E-state index contributed by atoms with van der Waals surface area (Å²) in [6.07, 6.45) is 3.31. The lowest BCUT2D eigenvalue weighted by molar-refractivity contribution is -0.130. The van der Waals surface area contributed by atoms with Crippen molar-refractivity contribution >= 4 is 11.7 Å². The minimum absolute atomic E-state index is 0.0168. The molecule has 1 aromatic heterocycles. The van der Waals surface area contributed by atoms with Gasteiger partial charge < -0.3 is 15.0 Å². The van der Waals surface area contributed by atoms with Crippen molar-refractivity contribution in [1.29, 1.82) is 0 Å². The Labute approximate surface area is 120 Å². The van der Waals surface area contributed by atoms with Crippen molar-refractivity contribution in [2.24, 2.45) is 0 Å². The van der Waals surface area contributed by atoms with Crippen molar-refractivity contribution < 1.29 is 9.53 Å². The van der Waals surface area contributed by atoms with E-state index in [0.717, 1.165) is 37.3 Å². The second-order valence-corrected chi connectivity index (χ2v) is 4.88. The fraction of sp³-hybridized carbons (Fsp3) is 0.600. The van der Waals surface area contributed by atoms with Gasteiger partial charge >= 0.3 is 0 Å². The number of ether oxygens (including phenoxy) is 1. The van der Waals surface area contributed by atoms with Crippen molar-refractivity contribution in [2.45, 2.75) is 39.3 Å². The molecule has 0 aromatic carbocycles. The van der Waals surface area contributed by atoms with Crippen LogP contribution < -0.4 is 10.2 Å². The molecule has 0 saturated carbocycles. The SMILES string of the molecule is CCN(CC)c1ncccc1CNC(=O)[C@H]1CCCO1. The zero-order valence-corrected chi connectivity index (χ0v) is 12.3. The number of hydrogen-bond donors (Lipinski definition) is 1. The van der Waals surface area contributed by atoms with Crippen LogP contribution in [0.15, 0.2) is 18.3 Å². The van der Waals surface area contributed by atoms with Gasteiger partial charge in [0.2, 0.25) is 5.91 Å². The minimum Gasteiger partial charge on any atom is -0.368 e. The standard InChI is InChI=1S/C15H23N3O2/c1-3-18(4-2)14-12(7-5-9-16-14)11-17-15(19)13-8-6-10-20-13/h5,7,9,13H,3-4,6,8,10-11H2,1-2H3,(H,17,19)/t13-/m1/s1. The summed E-state index contributed by atoms with van der Waals surface area (Å²) in [5.41, 5.74) is 1.04. The molecule has 0 spiro atoms. The number of pyridine rings is 1. The number of nitrogens with one attached hydrogen (secondary N) is 1. The first kappa shape index (κ1) is 14.8. The highest BCUT2D eigenvalue weighted by atomic mass is 16.5. The van der Waals surface area contributed by atoms with Crippen molar-refractivity contribution in [3.8, 4) is 0 Å². The van der Waals surface area contributed by atoms with Gasteiger partial charge in [0, 0.05) is 38.0 Å². The van der Waals surface area contributed by atoms with Crippen molar-refractivity contribution in [3.05, 3.63) is 23.9 Å². The number of rotatable bonds is 6. The molecule has 1 aliphatic rings. The largest absolute Gasteiger partial charge is 0.368 e. The lowest BCUT2D eigenvalue weighted by Gasteiger charge is -2.23. The van der Waals surface area contributed by atoms with Gasteiger partial charge in [-0.2, -0.15) is 0 Å². The van der Waals surface area contributed by atoms with Crippen molar-refractivity contribution in [3.63, 3.8) is 0 Å². The molecule has 1 amide bonds. The second kappa shape index (κ2) is 7.24. The van der Waals surface area contributed by atoms with Crippen LogP contribution in [0.3, 0.4) is 0 Å². The van der Waals surface area contributed by atoms with Crippen molar-refractivity contribution in [1.82, 2.24) is 10.3 Å². The van der Waals surface area contributed by atoms with E-state index in [2.05, 4.69) is 29.0 Å². The Morgan fingerprint density at radius 3 is 2.95 bits per heavy atom. The zero-order valence-electron chi connectivity index (χ0n) is 12.3. The molecule has 1 aromatic rings. The first-order valence-corrected chi connectivity index (χ1v) is 7.34. The van der Waals surface area contributed by atoms with Crippen LogP contribution in [0.4, 0.5) is 5.82 Å². The number of anilines is 1. The van der Waals surface area contributed by atoms with Crippen LogP contribution in [0.2, 0.25) is 0 Å². The van der Waals surface area contributed by atoms with Crippen LogP contribution in [-0.4, -0.2) is 36.7 Å². The highest BCUT2D eigenvalue weighted by molar-refractivity contribution is 5.81. The van der Waals surface area contributed by atoms with Crippen LogP contribution >= 0.6 is 0 Å². The second-order valence-electron chi connectivity index (χ2n) is 4.88. The lowest BCUT2D eigenvalue weighted by Crippen LogP contribution is -2.34. The molecular weight excluding hydrogens is 254 g/mol. The summed E-state index contributed by atoms with van der Waals surface area (Å²) in [7, 11) is 0. The molecule has 20 heavy (non-hydrogen) atoms. The maximum absolute atomic E-state index is 12.0. The summed E-state index contributed by atoms with van der Waals surface area (Å²) in [5, 5.41) is 2.95. The fourth-order valence-electron chi connectivity index (χ4n) is 2.46. The van der Waals surface area contributed by atoms with Gasteiger partial charge in [0.15, 0.2) is 0 Å². The first-order valence-electron chi connectivity index (χ1n) is 7.34. The predicted molar refractivity (Wildman–Crippen MR) is 78.6 cm³/mol. The average molecular weight is 277 g/mol. The van der Waals surface area contributed by atoms with Gasteiger partial charge in [-0.1, -0.05) is 6.07 Å². The molecule has 1 aliphatic heterocycles. The molecule has 2 heterocycles. The third kappa shape index (κ3) is 3.48. The Kier molecular flexibility index (Phi) is 5.35. The highest BCUT2D eigenvalue weighted by Gasteiger charge is 2.23. The molecule has 0 aliphatic carbocycles. The van der Waals surface area contributed by atoms with E-state index in [4.69, 9.17) is 4.74 Å². The normalized spacial score (nSPS) is 18.0. The molecule has 1 N–H and O–H groups in total. The summed E-state index contributed by atoms with van der Waals surface area (Å²) < 4.78 is 5.39.